The smallest absolute Gasteiger partial charge is 0.407 e. The summed E-state index contributed by atoms with van der Waals surface area (Å²) in [5.41, 5.74) is 4.17. The van der Waals surface area contributed by atoms with Gasteiger partial charge in [-0.25, -0.2) is 4.79 Å². The van der Waals surface area contributed by atoms with Crippen LogP contribution in [0, 0.1) is 23.7 Å². The third kappa shape index (κ3) is 12.0. The molecule has 15 atom stereocenters. The molecule has 4 aliphatic rings. The number of carbonyl (C=O) groups excluding carboxylic acids is 4. The number of alkyl carbamates (subject to hydrolysis) is 1. The average molecular weight is 1010 g/mol. The predicted molar refractivity (Wildman–Crippen MR) is 241 cm³/mol. The summed E-state index contributed by atoms with van der Waals surface area (Å²) in [5.74, 6) is -5.01. The maximum absolute atomic E-state index is 13.9. The molecule has 6 rings (SSSR count). The Kier molecular flexibility index (Phi) is 19.3. The number of hydrogen-bond donors (Lipinski definition) is 8. The SMILES string of the molecule is COCC1OC(OC2C(NC(C)=O)CC(NC(C)=O)C(OC3OC(CNC(=O)CBr)C(CO)C(CO)C3OC)C2CO)C(CO)C(NC(=O)OCC2c3ccccc3-c3ccccc32)C1OC. The Morgan fingerprint density at radius 1 is 0.657 bits per heavy atom. The second-order valence-electron chi connectivity index (χ2n) is 17.3. The molecule has 2 aliphatic heterocycles. The standard InChI is InChI=1S/C46H65BrN4O16/c1-23(56)49-34-14-35(50-24(2)57)41(67-45-42(61-4)30(18-53)29(17-52)36(64-45)16-48-38(58)15-47)32(20-55)40(34)66-44-31(19-54)39(43(62-5)37(65-44)22-60-3)51-46(59)63-21-33-27-12-8-6-10-25(27)26-11-7-9-13-28(26)33/h6-13,29-37,39-45,52-55H,14-22H2,1-5H3,(H,48,58)(H,49,56)(H,50,57)(H,51,59). The number of alkyl halides is 1. The van der Waals surface area contributed by atoms with Gasteiger partial charge in [-0.3, -0.25) is 14.4 Å². The second kappa shape index (κ2) is 24.6. The number of ether oxygens (including phenoxy) is 8. The van der Waals surface area contributed by atoms with Crippen molar-refractivity contribution >= 4 is 39.7 Å². The zero-order chi connectivity index (χ0) is 48.4. The summed E-state index contributed by atoms with van der Waals surface area (Å²) in [5, 5.41) is 54.9. The van der Waals surface area contributed by atoms with Crippen LogP contribution in [0.2, 0.25) is 0 Å². The third-order valence-electron chi connectivity index (χ3n) is 13.3. The van der Waals surface area contributed by atoms with E-state index in [2.05, 4.69) is 37.2 Å². The van der Waals surface area contributed by atoms with Crippen LogP contribution >= 0.6 is 15.9 Å². The molecule has 2 aromatic carbocycles. The summed E-state index contributed by atoms with van der Waals surface area (Å²) in [7, 11) is 4.28. The molecular weight excluding hydrogens is 944 g/mol. The summed E-state index contributed by atoms with van der Waals surface area (Å²) in [4.78, 5) is 51.7. The Morgan fingerprint density at radius 2 is 1.19 bits per heavy atom. The minimum atomic E-state index is -1.34. The topological polar surface area (TPSA) is 271 Å². The van der Waals surface area contributed by atoms with Gasteiger partial charge in [0, 0.05) is 78.6 Å². The molecule has 0 spiro atoms. The molecule has 2 aliphatic carbocycles. The Balaban J connectivity index is 1.29. The summed E-state index contributed by atoms with van der Waals surface area (Å²) >= 11 is 3.12. The number of amides is 4. The van der Waals surface area contributed by atoms with Gasteiger partial charge < -0.3 is 79.6 Å². The van der Waals surface area contributed by atoms with Gasteiger partial charge in [0.2, 0.25) is 17.7 Å². The molecule has 4 amide bonds. The van der Waals surface area contributed by atoms with E-state index in [1.165, 1.54) is 35.2 Å². The van der Waals surface area contributed by atoms with Gasteiger partial charge in [0.1, 0.15) is 24.9 Å². The molecule has 372 valence electrons. The van der Waals surface area contributed by atoms with E-state index in [1.807, 2.05) is 48.5 Å². The molecule has 0 radical (unpaired) electrons. The van der Waals surface area contributed by atoms with Crippen molar-refractivity contribution in [3.05, 3.63) is 59.7 Å². The number of carbonyl (C=O) groups is 4. The monoisotopic (exact) mass is 1010 g/mol. The highest BCUT2D eigenvalue weighted by atomic mass is 79.9. The zero-order valence-electron chi connectivity index (χ0n) is 38.3. The average Bonchev–Trinajstić information content (AvgIpc) is 3.64. The molecular formula is C46H65BrN4O16. The van der Waals surface area contributed by atoms with Gasteiger partial charge in [-0.15, -0.1) is 0 Å². The molecule has 3 fully saturated rings. The van der Waals surface area contributed by atoms with Gasteiger partial charge in [-0.05, 0) is 28.7 Å². The van der Waals surface area contributed by atoms with Crippen molar-refractivity contribution in [2.45, 2.75) is 93.5 Å². The Bertz CT molecular complexity index is 1920. The van der Waals surface area contributed by atoms with Gasteiger partial charge in [0.25, 0.3) is 0 Å². The van der Waals surface area contributed by atoms with E-state index < -0.39 is 135 Å². The van der Waals surface area contributed by atoms with Crippen LogP contribution in [0.25, 0.3) is 11.1 Å². The number of aliphatic hydroxyl groups is 4. The fourth-order valence-electron chi connectivity index (χ4n) is 10.3. The van der Waals surface area contributed by atoms with Crippen LogP contribution < -0.4 is 21.3 Å². The Labute approximate surface area is 398 Å². The van der Waals surface area contributed by atoms with Gasteiger partial charge in [-0.2, -0.15) is 0 Å². The first kappa shape index (κ1) is 52.5. The molecule has 20 nitrogen and oxygen atoms in total. The van der Waals surface area contributed by atoms with E-state index in [1.54, 1.807) is 0 Å². The molecule has 21 heteroatoms. The summed E-state index contributed by atoms with van der Waals surface area (Å²) in [6.45, 7) is 0.433. The molecule has 67 heavy (non-hydrogen) atoms. The number of hydrogen-bond acceptors (Lipinski definition) is 16. The van der Waals surface area contributed by atoms with E-state index in [-0.39, 0.29) is 43.3 Å². The Morgan fingerprint density at radius 3 is 1.70 bits per heavy atom. The first-order chi connectivity index (χ1) is 32.4. The maximum atomic E-state index is 13.9. The Hall–Kier alpha value is -3.84. The van der Waals surface area contributed by atoms with Crippen LogP contribution in [0.1, 0.15) is 37.3 Å². The third-order valence-corrected chi connectivity index (χ3v) is 13.8. The van der Waals surface area contributed by atoms with Crippen molar-refractivity contribution in [2.75, 3.05) is 72.8 Å². The minimum absolute atomic E-state index is 0.00290. The number of benzene rings is 2. The van der Waals surface area contributed by atoms with Crippen LogP contribution in [0.3, 0.4) is 0 Å². The minimum Gasteiger partial charge on any atom is -0.449 e. The predicted octanol–water partition coefficient (Wildman–Crippen LogP) is 0.149. The van der Waals surface area contributed by atoms with Crippen molar-refractivity contribution in [2.24, 2.45) is 23.7 Å². The van der Waals surface area contributed by atoms with E-state index in [0.29, 0.717) is 0 Å². The van der Waals surface area contributed by atoms with Gasteiger partial charge in [-0.1, -0.05) is 64.5 Å². The molecule has 0 bridgehead atoms. The first-order valence-corrected chi connectivity index (χ1v) is 23.6. The van der Waals surface area contributed by atoms with Crippen molar-refractivity contribution in [3.63, 3.8) is 0 Å². The molecule has 2 saturated heterocycles. The fraction of sp³-hybridized carbons (Fsp3) is 0.652. The van der Waals surface area contributed by atoms with Gasteiger partial charge in [0.05, 0.1) is 67.5 Å². The largest absolute Gasteiger partial charge is 0.449 e. The van der Waals surface area contributed by atoms with E-state index >= 15 is 0 Å². The van der Waals surface area contributed by atoms with E-state index in [0.717, 1.165) is 22.3 Å². The summed E-state index contributed by atoms with van der Waals surface area (Å²) in [6, 6.07) is 13.1. The lowest BCUT2D eigenvalue weighted by Crippen LogP contribution is -2.68. The number of aliphatic hydroxyl groups excluding tert-OH is 4. The van der Waals surface area contributed by atoms with Crippen LogP contribution in [0.15, 0.2) is 48.5 Å². The van der Waals surface area contributed by atoms with Crippen LogP contribution in [-0.4, -0.2) is 184 Å². The lowest BCUT2D eigenvalue weighted by molar-refractivity contribution is -0.325. The van der Waals surface area contributed by atoms with Crippen molar-refractivity contribution < 1.29 is 77.5 Å². The normalized spacial score (nSPS) is 32.7. The quantitative estimate of drug-likeness (QED) is 0.0821. The second-order valence-corrected chi connectivity index (χ2v) is 17.9. The van der Waals surface area contributed by atoms with Crippen molar-refractivity contribution in [3.8, 4) is 11.1 Å². The molecule has 2 aromatic rings. The number of methoxy groups -OCH3 is 3. The van der Waals surface area contributed by atoms with Gasteiger partial charge >= 0.3 is 6.09 Å². The number of rotatable bonds is 20. The summed E-state index contributed by atoms with van der Waals surface area (Å²) in [6.07, 6.45) is -9.33. The molecule has 1 saturated carbocycles. The van der Waals surface area contributed by atoms with Crippen LogP contribution in [-0.2, 0) is 52.3 Å². The zero-order valence-corrected chi connectivity index (χ0v) is 39.9. The lowest BCUT2D eigenvalue weighted by atomic mass is 9.76. The van der Waals surface area contributed by atoms with Crippen molar-refractivity contribution in [1.82, 2.24) is 21.3 Å². The highest BCUT2D eigenvalue weighted by Gasteiger charge is 2.55. The van der Waals surface area contributed by atoms with E-state index in [4.69, 9.17) is 37.9 Å². The molecule has 15 unspecified atom stereocenters. The molecule has 8 N–H and O–H groups in total. The van der Waals surface area contributed by atoms with E-state index in [9.17, 15) is 39.6 Å². The van der Waals surface area contributed by atoms with Crippen LogP contribution in [0.5, 0.6) is 0 Å². The maximum Gasteiger partial charge on any atom is 0.407 e. The lowest BCUT2D eigenvalue weighted by Gasteiger charge is -2.52. The first-order valence-electron chi connectivity index (χ1n) is 22.4. The van der Waals surface area contributed by atoms with Gasteiger partial charge in [0.15, 0.2) is 12.6 Å². The highest BCUT2D eigenvalue weighted by molar-refractivity contribution is 9.09. The fourth-order valence-corrected chi connectivity index (χ4v) is 10.5. The number of nitrogens with one attached hydrogen (secondary N) is 4. The van der Waals surface area contributed by atoms with Crippen LogP contribution in [0.4, 0.5) is 4.79 Å². The number of halogens is 1. The number of fused-ring (bicyclic) bond motifs is 3. The summed E-state index contributed by atoms with van der Waals surface area (Å²) < 4.78 is 49.5. The van der Waals surface area contributed by atoms with Crippen molar-refractivity contribution in [1.29, 1.82) is 0 Å². The highest BCUT2D eigenvalue weighted by Crippen LogP contribution is 2.45. The molecule has 0 aromatic heterocycles. The molecule has 2 heterocycles.